The van der Waals surface area contributed by atoms with Gasteiger partial charge in [-0.2, -0.15) is 0 Å². The second-order valence-electron chi connectivity index (χ2n) is 3.13. The van der Waals surface area contributed by atoms with Gasteiger partial charge in [-0.3, -0.25) is 4.79 Å². The van der Waals surface area contributed by atoms with E-state index in [-0.39, 0.29) is 5.92 Å². The molecule has 0 aromatic rings. The lowest BCUT2D eigenvalue weighted by Crippen LogP contribution is -2.18. The molecular weight excluding hydrogens is 160 g/mol. The quantitative estimate of drug-likeness (QED) is 0.626. The molecule has 1 saturated carbocycles. The van der Waals surface area contributed by atoms with Crippen molar-refractivity contribution in [2.75, 3.05) is 0 Å². The normalized spacial score (nSPS) is 25.2. The highest BCUT2D eigenvalue weighted by molar-refractivity contribution is 6.29. The second-order valence-corrected chi connectivity index (χ2v) is 3.66. The van der Waals surface area contributed by atoms with Gasteiger partial charge in [0.05, 0.1) is 0 Å². The first kappa shape index (κ1) is 8.79. The number of allylic oxidation sites excluding steroid dienone is 1. The van der Waals surface area contributed by atoms with Crippen LogP contribution in [0.25, 0.3) is 0 Å². The van der Waals surface area contributed by atoms with Crippen LogP contribution >= 0.6 is 11.6 Å². The molecule has 1 fully saturated rings. The van der Waals surface area contributed by atoms with Gasteiger partial charge in [0.25, 0.3) is 0 Å². The lowest BCUT2D eigenvalue weighted by molar-refractivity contribution is -0.124. The van der Waals surface area contributed by atoms with Crippen molar-refractivity contribution < 1.29 is 4.79 Å². The molecule has 0 aromatic carbocycles. The van der Waals surface area contributed by atoms with Gasteiger partial charge in [-0.05, 0) is 19.3 Å². The van der Waals surface area contributed by atoms with E-state index in [0.29, 0.717) is 17.2 Å². The van der Waals surface area contributed by atoms with Crippen molar-refractivity contribution in [2.45, 2.75) is 32.1 Å². The van der Waals surface area contributed by atoms with Gasteiger partial charge in [-0.1, -0.05) is 24.6 Å². The molecule has 1 aliphatic rings. The lowest BCUT2D eigenvalue weighted by Gasteiger charge is -2.19. The monoisotopic (exact) mass is 172 g/mol. The fraction of sp³-hybridized carbons (Fsp3) is 0.667. The van der Waals surface area contributed by atoms with Crippen molar-refractivity contribution >= 4 is 17.4 Å². The van der Waals surface area contributed by atoms with Crippen molar-refractivity contribution in [2.24, 2.45) is 5.92 Å². The van der Waals surface area contributed by atoms with Gasteiger partial charge in [-0.25, -0.2) is 0 Å². The predicted octanol–water partition coefficient (Wildman–Crippen LogP) is 2.89. The molecule has 0 radical (unpaired) electrons. The Bertz CT molecular complexity index is 174. The Kier molecular flexibility index (Phi) is 3.13. The Balaban J connectivity index is 2.42. The highest BCUT2D eigenvalue weighted by atomic mass is 35.5. The number of halogens is 1. The van der Waals surface area contributed by atoms with Crippen LogP contribution in [0.5, 0.6) is 0 Å². The Morgan fingerprint density at radius 2 is 2.36 bits per heavy atom. The Labute approximate surface area is 72.4 Å². The smallest absolute Gasteiger partial charge is 0.136 e. The lowest BCUT2D eigenvalue weighted by atomic mass is 9.86. The van der Waals surface area contributed by atoms with Gasteiger partial charge in [0.2, 0.25) is 0 Å². The van der Waals surface area contributed by atoms with E-state index in [1.165, 1.54) is 6.42 Å². The van der Waals surface area contributed by atoms with Gasteiger partial charge >= 0.3 is 0 Å². The van der Waals surface area contributed by atoms with Crippen LogP contribution in [0.3, 0.4) is 0 Å². The molecule has 0 N–H and O–H groups in total. The molecule has 0 aromatic heterocycles. The number of rotatable bonds is 2. The minimum absolute atomic E-state index is 0.175. The van der Waals surface area contributed by atoms with E-state index in [2.05, 4.69) is 6.58 Å². The molecule has 1 aliphatic carbocycles. The summed E-state index contributed by atoms with van der Waals surface area (Å²) in [7, 11) is 0. The van der Waals surface area contributed by atoms with Crippen LogP contribution in [0.1, 0.15) is 32.1 Å². The van der Waals surface area contributed by atoms with Crippen LogP contribution < -0.4 is 0 Å². The van der Waals surface area contributed by atoms with Crippen molar-refractivity contribution in [1.82, 2.24) is 0 Å². The van der Waals surface area contributed by atoms with Crippen molar-refractivity contribution in [3.05, 3.63) is 11.6 Å². The zero-order chi connectivity index (χ0) is 8.27. The maximum Gasteiger partial charge on any atom is 0.136 e. The van der Waals surface area contributed by atoms with Crippen LogP contribution in [-0.4, -0.2) is 5.78 Å². The third-order valence-electron chi connectivity index (χ3n) is 2.15. The minimum atomic E-state index is 0.175. The Morgan fingerprint density at radius 3 is 2.91 bits per heavy atom. The molecule has 1 rings (SSSR count). The van der Waals surface area contributed by atoms with Crippen molar-refractivity contribution in [3.63, 3.8) is 0 Å². The second kappa shape index (κ2) is 3.91. The van der Waals surface area contributed by atoms with E-state index in [4.69, 9.17) is 11.6 Å². The molecule has 11 heavy (non-hydrogen) atoms. The SMILES string of the molecule is C=C(Cl)CC1CCCCC1=O. The molecule has 0 saturated heterocycles. The first-order valence-corrected chi connectivity index (χ1v) is 4.44. The summed E-state index contributed by atoms with van der Waals surface area (Å²) in [6.07, 6.45) is 4.66. The minimum Gasteiger partial charge on any atom is -0.299 e. The maximum absolute atomic E-state index is 11.2. The number of hydrogen-bond acceptors (Lipinski definition) is 1. The number of Topliss-reactive ketones (excluding diaryl/α,β-unsaturated/α-hetero) is 1. The number of carbonyl (C=O) groups excluding carboxylic acids is 1. The van der Waals surface area contributed by atoms with E-state index in [0.717, 1.165) is 19.3 Å². The summed E-state index contributed by atoms with van der Waals surface area (Å²) in [4.78, 5) is 11.2. The summed E-state index contributed by atoms with van der Waals surface area (Å²) in [5.41, 5.74) is 0. The fourth-order valence-corrected chi connectivity index (χ4v) is 1.72. The zero-order valence-electron chi connectivity index (χ0n) is 6.61. The molecule has 0 bridgehead atoms. The summed E-state index contributed by atoms with van der Waals surface area (Å²) in [6.45, 7) is 3.60. The molecule has 0 spiro atoms. The molecule has 0 aliphatic heterocycles. The maximum atomic E-state index is 11.2. The molecule has 2 heteroatoms. The van der Waals surface area contributed by atoms with Gasteiger partial charge < -0.3 is 0 Å². The molecule has 62 valence electrons. The van der Waals surface area contributed by atoms with Crippen LogP contribution in [0.2, 0.25) is 0 Å². The molecule has 0 amide bonds. The summed E-state index contributed by atoms with van der Waals surface area (Å²) >= 11 is 5.63. The Hall–Kier alpha value is -0.300. The van der Waals surface area contributed by atoms with Crippen LogP contribution in [0, 0.1) is 5.92 Å². The van der Waals surface area contributed by atoms with E-state index in [1.54, 1.807) is 0 Å². The predicted molar refractivity (Wildman–Crippen MR) is 46.6 cm³/mol. The number of ketones is 1. The van der Waals surface area contributed by atoms with Crippen LogP contribution in [0.4, 0.5) is 0 Å². The molecule has 1 atom stereocenters. The number of hydrogen-bond donors (Lipinski definition) is 0. The summed E-state index contributed by atoms with van der Waals surface area (Å²) in [6, 6.07) is 0. The zero-order valence-corrected chi connectivity index (χ0v) is 7.36. The van der Waals surface area contributed by atoms with Gasteiger partial charge in [-0.15, -0.1) is 0 Å². The summed E-state index contributed by atoms with van der Waals surface area (Å²) < 4.78 is 0. The van der Waals surface area contributed by atoms with Gasteiger partial charge in [0.1, 0.15) is 5.78 Å². The highest BCUT2D eigenvalue weighted by Crippen LogP contribution is 2.26. The van der Waals surface area contributed by atoms with E-state index in [9.17, 15) is 4.79 Å². The molecule has 0 heterocycles. The van der Waals surface area contributed by atoms with Crippen LogP contribution in [-0.2, 0) is 4.79 Å². The van der Waals surface area contributed by atoms with Gasteiger partial charge in [0.15, 0.2) is 0 Å². The largest absolute Gasteiger partial charge is 0.299 e. The highest BCUT2D eigenvalue weighted by Gasteiger charge is 2.21. The van der Waals surface area contributed by atoms with E-state index < -0.39 is 0 Å². The van der Waals surface area contributed by atoms with Crippen molar-refractivity contribution in [1.29, 1.82) is 0 Å². The van der Waals surface area contributed by atoms with Crippen LogP contribution in [0.15, 0.2) is 11.6 Å². The standard InChI is InChI=1S/C9H13ClO/c1-7(10)6-8-4-2-3-5-9(8)11/h8H,1-6H2. The summed E-state index contributed by atoms with van der Waals surface area (Å²) in [5, 5.41) is 0.616. The third kappa shape index (κ3) is 2.66. The van der Waals surface area contributed by atoms with Crippen molar-refractivity contribution in [3.8, 4) is 0 Å². The van der Waals surface area contributed by atoms with E-state index in [1.807, 2.05) is 0 Å². The third-order valence-corrected chi connectivity index (χ3v) is 2.30. The summed E-state index contributed by atoms with van der Waals surface area (Å²) in [5.74, 6) is 0.548. The van der Waals surface area contributed by atoms with E-state index >= 15 is 0 Å². The van der Waals surface area contributed by atoms with Gasteiger partial charge in [0, 0.05) is 17.4 Å². The first-order valence-electron chi connectivity index (χ1n) is 4.06. The average Bonchev–Trinajstić information content (AvgIpc) is 1.93. The topological polar surface area (TPSA) is 17.1 Å². The average molecular weight is 173 g/mol. The first-order chi connectivity index (χ1) is 5.20. The molecule has 1 unspecified atom stereocenters. The molecule has 1 nitrogen and oxygen atoms in total. The fourth-order valence-electron chi connectivity index (χ4n) is 1.54. The Morgan fingerprint density at radius 1 is 1.64 bits per heavy atom. The molecular formula is C9H13ClO. The number of carbonyl (C=O) groups is 1.